The van der Waals surface area contributed by atoms with Crippen molar-refractivity contribution in [3.8, 4) is 0 Å². The molecule has 2 bridgehead atoms. The van der Waals surface area contributed by atoms with E-state index in [1.807, 2.05) is 18.2 Å². The van der Waals surface area contributed by atoms with Crippen LogP contribution in [0.15, 0.2) is 47.1 Å². The molecule has 2 aromatic heterocycles. The number of benzene rings is 1. The van der Waals surface area contributed by atoms with Gasteiger partial charge in [0.15, 0.2) is 5.58 Å². The molecule has 2 atom stereocenters. The Labute approximate surface area is 145 Å². The monoisotopic (exact) mass is 338 g/mol. The fourth-order valence-corrected chi connectivity index (χ4v) is 4.13. The molecule has 0 spiro atoms. The summed E-state index contributed by atoms with van der Waals surface area (Å²) in [5.74, 6) is -0.215. The van der Waals surface area contributed by atoms with Crippen LogP contribution in [0.25, 0.3) is 11.0 Å². The van der Waals surface area contributed by atoms with Crippen molar-refractivity contribution in [2.75, 3.05) is 13.1 Å². The Bertz CT molecular complexity index is 899. The molecule has 1 aromatic carbocycles. The van der Waals surface area contributed by atoms with Crippen molar-refractivity contribution in [2.24, 2.45) is 0 Å². The molecule has 128 valence electrons. The van der Waals surface area contributed by atoms with E-state index in [4.69, 9.17) is 4.52 Å². The first-order valence-electron chi connectivity index (χ1n) is 8.69. The van der Waals surface area contributed by atoms with E-state index in [1.165, 1.54) is 12.5 Å². The number of nitrogens with zero attached hydrogens (tertiary/aromatic N) is 4. The van der Waals surface area contributed by atoms with Crippen LogP contribution in [0.3, 0.4) is 0 Å². The van der Waals surface area contributed by atoms with Crippen LogP contribution < -0.4 is 0 Å². The lowest BCUT2D eigenvalue weighted by Crippen LogP contribution is -2.67. The predicted octanol–water partition coefficient (Wildman–Crippen LogP) is 2.82. The van der Waals surface area contributed by atoms with E-state index in [0.29, 0.717) is 24.3 Å². The van der Waals surface area contributed by atoms with Crippen LogP contribution in [-0.4, -0.2) is 45.1 Å². The number of piperidine rings is 1. The average molecular weight is 338 g/mol. The summed E-state index contributed by atoms with van der Waals surface area (Å²) in [6.45, 7) is 3.29. The Hall–Kier alpha value is -2.31. The molecule has 3 aromatic rings. The van der Waals surface area contributed by atoms with Crippen molar-refractivity contribution in [1.82, 2.24) is 19.9 Å². The molecule has 3 aliphatic rings. The van der Waals surface area contributed by atoms with Crippen LogP contribution >= 0.6 is 0 Å². The van der Waals surface area contributed by atoms with Crippen LogP contribution in [0, 0.1) is 5.82 Å². The van der Waals surface area contributed by atoms with Crippen molar-refractivity contribution in [3.05, 3.63) is 59.8 Å². The molecule has 3 aliphatic heterocycles. The van der Waals surface area contributed by atoms with Gasteiger partial charge < -0.3 is 4.52 Å². The van der Waals surface area contributed by atoms with Gasteiger partial charge in [0, 0.05) is 49.8 Å². The Balaban J connectivity index is 1.27. The Morgan fingerprint density at radius 2 is 1.88 bits per heavy atom. The highest BCUT2D eigenvalue weighted by atomic mass is 19.1. The Morgan fingerprint density at radius 3 is 2.72 bits per heavy atom. The zero-order valence-corrected chi connectivity index (χ0v) is 13.8. The van der Waals surface area contributed by atoms with Crippen LogP contribution in [0.1, 0.15) is 17.8 Å². The van der Waals surface area contributed by atoms with Crippen LogP contribution in [-0.2, 0) is 13.1 Å². The summed E-state index contributed by atoms with van der Waals surface area (Å²) in [7, 11) is 0. The smallest absolute Gasteiger partial charge is 0.167 e. The van der Waals surface area contributed by atoms with Gasteiger partial charge in [0.1, 0.15) is 11.5 Å². The van der Waals surface area contributed by atoms with Crippen LogP contribution in [0.2, 0.25) is 0 Å². The van der Waals surface area contributed by atoms with E-state index < -0.39 is 0 Å². The van der Waals surface area contributed by atoms with Crippen LogP contribution in [0.4, 0.5) is 4.39 Å². The topological polar surface area (TPSA) is 45.4 Å². The maximum Gasteiger partial charge on any atom is 0.167 e. The third-order valence-electron chi connectivity index (χ3n) is 5.41. The van der Waals surface area contributed by atoms with Gasteiger partial charge in [0.25, 0.3) is 0 Å². The highest BCUT2D eigenvalue weighted by molar-refractivity contribution is 5.79. The highest BCUT2D eigenvalue weighted by Gasteiger charge is 2.44. The molecule has 6 rings (SSSR count). The van der Waals surface area contributed by atoms with E-state index in [9.17, 15) is 4.39 Å². The standard InChI is InChI=1S/C19H19FN4O/c20-16-5-3-7-21-18(16)11-23-9-13-8-14(10-23)24(13)12-17-15-4-1-2-6-19(15)25-22-17/h1-7,13-14H,8-12H2. The second-order valence-electron chi connectivity index (χ2n) is 6.97. The fourth-order valence-electron chi connectivity index (χ4n) is 4.13. The van der Waals surface area contributed by atoms with Gasteiger partial charge in [-0.25, -0.2) is 4.39 Å². The van der Waals surface area contributed by atoms with Gasteiger partial charge in [-0.05, 0) is 30.7 Å². The first-order valence-corrected chi connectivity index (χ1v) is 8.69. The lowest BCUT2D eigenvalue weighted by atomic mass is 9.87. The third kappa shape index (κ3) is 2.62. The first-order chi connectivity index (χ1) is 12.3. The second kappa shape index (κ2) is 5.89. The molecule has 0 amide bonds. The molecule has 0 saturated carbocycles. The SMILES string of the molecule is Fc1cccnc1CN1CC2CC(C1)N2Cc1noc2ccccc12. The molecular formula is C19H19FN4O. The number of hydrogen-bond acceptors (Lipinski definition) is 5. The van der Waals surface area contributed by atoms with E-state index in [0.717, 1.165) is 36.3 Å². The highest BCUT2D eigenvalue weighted by Crippen LogP contribution is 2.35. The molecule has 25 heavy (non-hydrogen) atoms. The summed E-state index contributed by atoms with van der Waals surface area (Å²) in [6, 6.07) is 12.1. The molecule has 5 nitrogen and oxygen atoms in total. The number of hydrogen-bond donors (Lipinski definition) is 0. The van der Waals surface area contributed by atoms with Crippen molar-refractivity contribution in [1.29, 1.82) is 0 Å². The van der Waals surface area contributed by atoms with E-state index in [1.54, 1.807) is 12.3 Å². The zero-order chi connectivity index (χ0) is 16.8. The third-order valence-corrected chi connectivity index (χ3v) is 5.41. The second-order valence-corrected chi connectivity index (χ2v) is 6.97. The van der Waals surface area contributed by atoms with Crippen molar-refractivity contribution in [3.63, 3.8) is 0 Å². The quantitative estimate of drug-likeness (QED) is 0.732. The zero-order valence-electron chi connectivity index (χ0n) is 13.8. The summed E-state index contributed by atoms with van der Waals surface area (Å²) in [5.41, 5.74) is 2.39. The van der Waals surface area contributed by atoms with Gasteiger partial charge in [-0.2, -0.15) is 0 Å². The number of piperazine rings is 1. The number of halogens is 1. The summed E-state index contributed by atoms with van der Waals surface area (Å²) in [6.07, 6.45) is 2.86. The molecule has 3 saturated heterocycles. The largest absolute Gasteiger partial charge is 0.356 e. The van der Waals surface area contributed by atoms with Crippen molar-refractivity contribution < 1.29 is 8.91 Å². The average Bonchev–Trinajstić information content (AvgIpc) is 3.05. The molecule has 5 heterocycles. The molecule has 6 heteroatoms. The minimum Gasteiger partial charge on any atom is -0.356 e. The van der Waals surface area contributed by atoms with Gasteiger partial charge in [-0.1, -0.05) is 17.3 Å². The molecule has 0 aliphatic carbocycles. The molecule has 0 N–H and O–H groups in total. The summed E-state index contributed by atoms with van der Waals surface area (Å²) >= 11 is 0. The van der Waals surface area contributed by atoms with Crippen molar-refractivity contribution in [2.45, 2.75) is 31.6 Å². The van der Waals surface area contributed by atoms with Gasteiger partial charge in [-0.3, -0.25) is 14.8 Å². The fraction of sp³-hybridized carbons (Fsp3) is 0.368. The van der Waals surface area contributed by atoms with Crippen LogP contribution in [0.5, 0.6) is 0 Å². The van der Waals surface area contributed by atoms with E-state index in [2.05, 4.69) is 26.0 Å². The van der Waals surface area contributed by atoms with Gasteiger partial charge in [-0.15, -0.1) is 0 Å². The minimum atomic E-state index is -0.215. The van der Waals surface area contributed by atoms with E-state index in [-0.39, 0.29) is 5.82 Å². The summed E-state index contributed by atoms with van der Waals surface area (Å²) < 4.78 is 19.2. The number of para-hydroxylation sites is 1. The number of rotatable bonds is 4. The summed E-state index contributed by atoms with van der Waals surface area (Å²) in [4.78, 5) is 8.98. The van der Waals surface area contributed by atoms with Gasteiger partial charge >= 0.3 is 0 Å². The number of fused-ring (bicyclic) bond motifs is 3. The molecule has 0 radical (unpaired) electrons. The maximum absolute atomic E-state index is 13.8. The Morgan fingerprint density at radius 1 is 1.04 bits per heavy atom. The predicted molar refractivity (Wildman–Crippen MR) is 91.2 cm³/mol. The van der Waals surface area contributed by atoms with E-state index >= 15 is 0 Å². The lowest BCUT2D eigenvalue weighted by Gasteiger charge is -2.56. The lowest BCUT2D eigenvalue weighted by molar-refractivity contribution is -0.0787. The molecule has 3 fully saturated rings. The Kier molecular flexibility index (Phi) is 3.53. The van der Waals surface area contributed by atoms with Gasteiger partial charge in [0.05, 0.1) is 5.69 Å². The molecular weight excluding hydrogens is 319 g/mol. The first kappa shape index (κ1) is 15.0. The normalized spacial score (nSPS) is 23.7. The number of aromatic nitrogens is 2. The minimum absolute atomic E-state index is 0.215. The van der Waals surface area contributed by atoms with Crippen molar-refractivity contribution >= 4 is 11.0 Å². The molecule has 2 unspecified atom stereocenters. The van der Waals surface area contributed by atoms with Gasteiger partial charge in [0.2, 0.25) is 0 Å². The maximum atomic E-state index is 13.8. The summed E-state index contributed by atoms with van der Waals surface area (Å²) in [5, 5.41) is 5.35. The number of pyridine rings is 1.